The van der Waals surface area contributed by atoms with Gasteiger partial charge >= 0.3 is 0 Å². The molecule has 2 nitrogen and oxygen atoms in total. The Labute approximate surface area is 187 Å². The van der Waals surface area contributed by atoms with Crippen LogP contribution in [0.15, 0.2) is 95.5 Å². The summed E-state index contributed by atoms with van der Waals surface area (Å²) in [5, 5.41) is 4.80. The summed E-state index contributed by atoms with van der Waals surface area (Å²) >= 11 is 0. The van der Waals surface area contributed by atoms with Gasteiger partial charge in [0.1, 0.15) is 18.2 Å². The molecular formula is C30H24NO+. The molecule has 0 bridgehead atoms. The third-order valence-electron chi connectivity index (χ3n) is 6.50. The molecule has 0 atom stereocenters. The van der Waals surface area contributed by atoms with E-state index in [9.17, 15) is 0 Å². The number of nitrogens with zero attached hydrogens (tertiary/aromatic N) is 1. The predicted octanol–water partition coefficient (Wildman–Crippen LogP) is 7.51. The molecule has 32 heavy (non-hydrogen) atoms. The number of rotatable bonds is 2. The third-order valence-corrected chi connectivity index (χ3v) is 6.50. The Balaban J connectivity index is 1.67. The van der Waals surface area contributed by atoms with Crippen molar-refractivity contribution in [2.24, 2.45) is 7.05 Å². The molecule has 0 aliphatic rings. The summed E-state index contributed by atoms with van der Waals surface area (Å²) in [6.07, 6.45) is 2.12. The van der Waals surface area contributed by atoms with E-state index in [2.05, 4.69) is 117 Å². The average molecular weight is 415 g/mol. The highest BCUT2D eigenvalue weighted by molar-refractivity contribution is 6.13. The highest BCUT2D eigenvalue weighted by Crippen LogP contribution is 2.40. The molecule has 0 fully saturated rings. The molecule has 0 spiro atoms. The molecule has 0 amide bonds. The molecule has 6 rings (SSSR count). The minimum absolute atomic E-state index is 0.944. The minimum Gasteiger partial charge on any atom is -0.454 e. The van der Waals surface area contributed by atoms with Gasteiger partial charge in [-0.15, -0.1) is 0 Å². The zero-order chi connectivity index (χ0) is 21.8. The summed E-state index contributed by atoms with van der Waals surface area (Å²) < 4.78 is 8.87. The largest absolute Gasteiger partial charge is 0.454 e. The van der Waals surface area contributed by atoms with Crippen molar-refractivity contribution in [3.05, 3.63) is 102 Å². The molecule has 2 heteroatoms. The number of furan rings is 1. The van der Waals surface area contributed by atoms with Crippen LogP contribution in [0.3, 0.4) is 0 Å². The molecular weight excluding hydrogens is 390 g/mol. The van der Waals surface area contributed by atoms with E-state index in [0.717, 1.165) is 33.1 Å². The zero-order valence-electron chi connectivity index (χ0n) is 18.5. The van der Waals surface area contributed by atoms with E-state index in [1.54, 1.807) is 0 Å². The second kappa shape index (κ2) is 7.06. The van der Waals surface area contributed by atoms with Gasteiger partial charge in [0.05, 0.1) is 5.56 Å². The molecule has 2 aromatic heterocycles. The quantitative estimate of drug-likeness (QED) is 0.268. The second-order valence-electron chi connectivity index (χ2n) is 8.68. The summed E-state index contributed by atoms with van der Waals surface area (Å²) in [5.74, 6) is 0. The van der Waals surface area contributed by atoms with Crippen molar-refractivity contribution in [2.75, 3.05) is 0 Å². The van der Waals surface area contributed by atoms with Gasteiger partial charge in [0, 0.05) is 28.5 Å². The van der Waals surface area contributed by atoms with Gasteiger partial charge in [-0.05, 0) is 47.4 Å². The molecule has 0 aliphatic heterocycles. The van der Waals surface area contributed by atoms with Gasteiger partial charge in [-0.3, -0.25) is 0 Å². The number of pyridine rings is 1. The first-order valence-electron chi connectivity index (χ1n) is 11.0. The van der Waals surface area contributed by atoms with Crippen LogP contribution >= 0.6 is 0 Å². The van der Waals surface area contributed by atoms with Gasteiger partial charge in [0.15, 0.2) is 6.20 Å². The fraction of sp³-hybridized carbons (Fsp3) is 0.100. The predicted molar refractivity (Wildman–Crippen MR) is 133 cm³/mol. The average Bonchev–Trinajstić information content (AvgIpc) is 3.19. The van der Waals surface area contributed by atoms with E-state index in [4.69, 9.17) is 4.42 Å². The highest BCUT2D eigenvalue weighted by Gasteiger charge is 2.21. The number of aromatic nitrogens is 1. The van der Waals surface area contributed by atoms with Crippen molar-refractivity contribution < 1.29 is 8.98 Å². The molecule has 0 N–H and O–H groups in total. The lowest BCUT2D eigenvalue weighted by Gasteiger charge is -2.06. The second-order valence-corrected chi connectivity index (χ2v) is 8.68. The zero-order valence-corrected chi connectivity index (χ0v) is 18.5. The molecule has 154 valence electrons. The van der Waals surface area contributed by atoms with E-state index in [1.165, 1.54) is 33.2 Å². The van der Waals surface area contributed by atoms with Crippen molar-refractivity contribution in [3.8, 4) is 22.4 Å². The normalized spacial score (nSPS) is 11.6. The maximum absolute atomic E-state index is 6.70. The van der Waals surface area contributed by atoms with E-state index >= 15 is 0 Å². The van der Waals surface area contributed by atoms with Crippen LogP contribution in [0.2, 0.25) is 0 Å². The maximum Gasteiger partial charge on any atom is 0.216 e. The van der Waals surface area contributed by atoms with Crippen LogP contribution in [-0.4, -0.2) is 0 Å². The third kappa shape index (κ3) is 2.84. The van der Waals surface area contributed by atoms with Crippen molar-refractivity contribution in [2.45, 2.75) is 13.8 Å². The molecule has 0 unspecified atom stereocenters. The van der Waals surface area contributed by atoms with Gasteiger partial charge in [0.2, 0.25) is 5.69 Å². The number of aryl methyl sites for hydroxylation is 3. The summed E-state index contributed by atoms with van der Waals surface area (Å²) in [7, 11) is 2.09. The Morgan fingerprint density at radius 1 is 0.688 bits per heavy atom. The van der Waals surface area contributed by atoms with Crippen molar-refractivity contribution >= 4 is 32.7 Å². The van der Waals surface area contributed by atoms with Crippen molar-refractivity contribution in [1.82, 2.24) is 0 Å². The molecule has 6 aromatic rings. The maximum atomic E-state index is 6.70. The van der Waals surface area contributed by atoms with Gasteiger partial charge in [-0.1, -0.05) is 66.7 Å². The number of para-hydroxylation sites is 1. The number of fused-ring (bicyclic) bond motifs is 4. The fourth-order valence-electron chi connectivity index (χ4n) is 4.79. The van der Waals surface area contributed by atoms with Crippen molar-refractivity contribution in [3.63, 3.8) is 0 Å². The van der Waals surface area contributed by atoms with Gasteiger partial charge in [0.25, 0.3) is 0 Å². The first kappa shape index (κ1) is 18.8. The summed E-state index contributed by atoms with van der Waals surface area (Å²) in [4.78, 5) is 0. The molecule has 0 radical (unpaired) electrons. The van der Waals surface area contributed by atoms with Crippen molar-refractivity contribution in [1.29, 1.82) is 0 Å². The van der Waals surface area contributed by atoms with Crippen LogP contribution in [0.5, 0.6) is 0 Å². The Kier molecular flexibility index (Phi) is 4.16. The van der Waals surface area contributed by atoms with Crippen LogP contribution in [-0.2, 0) is 7.05 Å². The molecule has 4 aromatic carbocycles. The number of hydrogen-bond acceptors (Lipinski definition) is 1. The SMILES string of the molecule is Cc1cc[n+](C)c(-c2c(C)ccc3c2oc2c(-c4ccc5ccccc5c4)cccc23)c1. The van der Waals surface area contributed by atoms with E-state index in [0.29, 0.717) is 0 Å². The smallest absolute Gasteiger partial charge is 0.216 e. The Morgan fingerprint density at radius 3 is 2.38 bits per heavy atom. The summed E-state index contributed by atoms with van der Waals surface area (Å²) in [6, 6.07) is 30.3. The van der Waals surface area contributed by atoms with Gasteiger partial charge in [-0.25, -0.2) is 4.57 Å². The first-order valence-corrected chi connectivity index (χ1v) is 11.0. The standard InChI is InChI=1S/C30H24NO/c1-19-15-16-31(3)27(17-19)28-20(2)11-14-26-25-10-6-9-24(29(25)32-30(26)28)23-13-12-21-7-4-5-8-22(21)18-23/h4-18H,1-3H3/q+1. The molecule has 2 heterocycles. The minimum atomic E-state index is 0.944. The van der Waals surface area contributed by atoms with Crippen LogP contribution < -0.4 is 4.57 Å². The van der Waals surface area contributed by atoms with Crippen LogP contribution in [0.1, 0.15) is 11.1 Å². The first-order chi connectivity index (χ1) is 15.6. The Hall–Kier alpha value is -3.91. The highest BCUT2D eigenvalue weighted by atomic mass is 16.3. The lowest BCUT2D eigenvalue weighted by molar-refractivity contribution is -0.660. The molecule has 0 saturated heterocycles. The van der Waals surface area contributed by atoms with Crippen LogP contribution in [0.25, 0.3) is 55.1 Å². The van der Waals surface area contributed by atoms with E-state index < -0.39 is 0 Å². The summed E-state index contributed by atoms with van der Waals surface area (Å²) in [5.41, 5.74) is 8.98. The van der Waals surface area contributed by atoms with Gasteiger partial charge < -0.3 is 4.42 Å². The number of benzene rings is 4. The van der Waals surface area contributed by atoms with Crippen LogP contribution in [0.4, 0.5) is 0 Å². The molecule has 0 saturated carbocycles. The lowest BCUT2D eigenvalue weighted by Crippen LogP contribution is -2.30. The number of hydrogen-bond donors (Lipinski definition) is 0. The van der Waals surface area contributed by atoms with E-state index in [1.807, 2.05) is 0 Å². The fourth-order valence-corrected chi connectivity index (χ4v) is 4.79. The topological polar surface area (TPSA) is 17.0 Å². The van der Waals surface area contributed by atoms with Gasteiger partial charge in [-0.2, -0.15) is 0 Å². The molecule has 0 aliphatic carbocycles. The van der Waals surface area contributed by atoms with Crippen LogP contribution in [0, 0.1) is 13.8 Å². The monoisotopic (exact) mass is 414 g/mol. The Morgan fingerprint density at radius 2 is 1.50 bits per heavy atom. The summed E-state index contributed by atoms with van der Waals surface area (Å²) in [6.45, 7) is 4.30. The van der Waals surface area contributed by atoms with E-state index in [-0.39, 0.29) is 0 Å². The Bertz CT molecular complexity index is 1660. The lowest BCUT2D eigenvalue weighted by atomic mass is 9.97.